The highest BCUT2D eigenvalue weighted by Gasteiger charge is 2.07. The van der Waals surface area contributed by atoms with Gasteiger partial charge >= 0.3 is 0 Å². The van der Waals surface area contributed by atoms with E-state index in [1.807, 2.05) is 0 Å². The van der Waals surface area contributed by atoms with Gasteiger partial charge in [-0.15, -0.1) is 0 Å². The van der Waals surface area contributed by atoms with Gasteiger partial charge in [0.05, 0.1) is 10.7 Å². The summed E-state index contributed by atoms with van der Waals surface area (Å²) in [6.45, 7) is 0. The van der Waals surface area contributed by atoms with Crippen molar-refractivity contribution in [1.82, 2.24) is 0 Å². The molecule has 88 valence electrons. The Balaban J connectivity index is 2.34. The number of hydrogen-bond donors (Lipinski definition) is 1. The lowest BCUT2D eigenvalue weighted by molar-refractivity contribution is 0.483. The van der Waals surface area contributed by atoms with E-state index in [-0.39, 0.29) is 5.69 Å². The van der Waals surface area contributed by atoms with Crippen molar-refractivity contribution < 1.29 is 9.13 Å². The van der Waals surface area contributed by atoms with Crippen LogP contribution in [0, 0.1) is 5.82 Å². The van der Waals surface area contributed by atoms with Gasteiger partial charge in [0, 0.05) is 17.2 Å². The predicted molar refractivity (Wildman–Crippen MR) is 67.3 cm³/mol. The van der Waals surface area contributed by atoms with E-state index >= 15 is 0 Å². The summed E-state index contributed by atoms with van der Waals surface area (Å²) in [6.07, 6.45) is 0. The number of rotatable bonds is 2. The lowest BCUT2D eigenvalue weighted by Crippen LogP contribution is -1.93. The number of nitrogens with two attached hydrogens (primary N) is 1. The van der Waals surface area contributed by atoms with Crippen LogP contribution in [0.2, 0.25) is 10.0 Å². The minimum Gasteiger partial charge on any atom is -0.454 e. The average molecular weight is 272 g/mol. The van der Waals surface area contributed by atoms with Crippen LogP contribution in [-0.2, 0) is 0 Å². The Bertz CT molecular complexity index is 560. The van der Waals surface area contributed by atoms with Crippen molar-refractivity contribution in [3.05, 3.63) is 52.3 Å². The molecular weight excluding hydrogens is 264 g/mol. The Morgan fingerprint density at radius 2 is 1.76 bits per heavy atom. The molecule has 2 aromatic rings. The van der Waals surface area contributed by atoms with E-state index < -0.39 is 5.82 Å². The summed E-state index contributed by atoms with van der Waals surface area (Å²) in [4.78, 5) is 0. The first-order valence-electron chi connectivity index (χ1n) is 4.74. The topological polar surface area (TPSA) is 35.2 Å². The second-order valence-corrected chi connectivity index (χ2v) is 4.20. The Labute approximate surface area is 108 Å². The van der Waals surface area contributed by atoms with Gasteiger partial charge in [-0.05, 0) is 24.3 Å². The summed E-state index contributed by atoms with van der Waals surface area (Å²) in [5.74, 6) is 0.278. The fraction of sp³-hybridized carbons (Fsp3) is 0. The van der Waals surface area contributed by atoms with Gasteiger partial charge in [0.1, 0.15) is 11.6 Å². The number of benzene rings is 2. The van der Waals surface area contributed by atoms with E-state index in [4.69, 9.17) is 33.7 Å². The molecule has 17 heavy (non-hydrogen) atoms. The molecule has 0 aliphatic rings. The number of hydrogen-bond acceptors (Lipinski definition) is 2. The molecule has 0 aliphatic heterocycles. The van der Waals surface area contributed by atoms with Gasteiger partial charge in [-0.25, -0.2) is 4.39 Å². The molecule has 0 saturated heterocycles. The number of anilines is 1. The minimum absolute atomic E-state index is 0.195. The zero-order chi connectivity index (χ0) is 12.4. The van der Waals surface area contributed by atoms with E-state index in [0.717, 1.165) is 0 Å². The van der Waals surface area contributed by atoms with Crippen molar-refractivity contribution in [2.24, 2.45) is 0 Å². The minimum atomic E-state index is -0.424. The van der Waals surface area contributed by atoms with Crippen LogP contribution in [0.3, 0.4) is 0 Å². The van der Waals surface area contributed by atoms with E-state index in [2.05, 4.69) is 0 Å². The molecule has 0 saturated carbocycles. The molecule has 2 N–H and O–H groups in total. The Kier molecular flexibility index (Phi) is 3.41. The van der Waals surface area contributed by atoms with Crippen molar-refractivity contribution in [1.29, 1.82) is 0 Å². The summed E-state index contributed by atoms with van der Waals surface area (Å²) >= 11 is 11.7. The first-order valence-corrected chi connectivity index (χ1v) is 5.50. The van der Waals surface area contributed by atoms with Crippen LogP contribution in [0.15, 0.2) is 36.4 Å². The normalized spacial score (nSPS) is 10.3. The first-order chi connectivity index (χ1) is 8.06. The number of halogens is 3. The van der Waals surface area contributed by atoms with Crippen LogP contribution < -0.4 is 10.5 Å². The number of nitrogen functional groups attached to an aromatic ring is 1. The summed E-state index contributed by atoms with van der Waals surface area (Å²) in [6, 6.07) is 8.68. The predicted octanol–water partition coefficient (Wildman–Crippen LogP) is 4.51. The lowest BCUT2D eigenvalue weighted by Gasteiger charge is -2.10. The average Bonchev–Trinajstić information content (AvgIpc) is 2.27. The molecule has 0 aromatic heterocycles. The van der Waals surface area contributed by atoms with E-state index in [0.29, 0.717) is 21.5 Å². The van der Waals surface area contributed by atoms with Gasteiger partial charge in [-0.1, -0.05) is 23.2 Å². The molecule has 2 rings (SSSR count). The maximum absolute atomic E-state index is 12.8. The van der Waals surface area contributed by atoms with Crippen molar-refractivity contribution >= 4 is 28.9 Å². The summed E-state index contributed by atoms with van der Waals surface area (Å²) in [5.41, 5.74) is 5.81. The molecule has 0 amide bonds. The Morgan fingerprint density at radius 1 is 1.00 bits per heavy atom. The SMILES string of the molecule is Nc1cc(F)ccc1Oc1cc(Cl)ccc1Cl. The van der Waals surface area contributed by atoms with E-state index in [1.54, 1.807) is 18.2 Å². The second kappa shape index (κ2) is 4.82. The molecule has 2 aromatic carbocycles. The van der Waals surface area contributed by atoms with Crippen LogP contribution in [0.5, 0.6) is 11.5 Å². The van der Waals surface area contributed by atoms with Crippen LogP contribution in [-0.4, -0.2) is 0 Å². The molecule has 0 unspecified atom stereocenters. The molecule has 2 nitrogen and oxygen atoms in total. The molecule has 0 atom stereocenters. The maximum Gasteiger partial charge on any atom is 0.150 e. The van der Waals surface area contributed by atoms with Crippen molar-refractivity contribution in [3.63, 3.8) is 0 Å². The third kappa shape index (κ3) is 2.81. The van der Waals surface area contributed by atoms with Gasteiger partial charge in [-0.2, -0.15) is 0 Å². The molecule has 0 fully saturated rings. The molecular formula is C12H8Cl2FNO. The first kappa shape index (κ1) is 12.0. The molecule has 0 heterocycles. The van der Waals surface area contributed by atoms with Gasteiger partial charge in [0.25, 0.3) is 0 Å². The van der Waals surface area contributed by atoms with E-state index in [1.165, 1.54) is 18.2 Å². The molecule has 5 heteroatoms. The molecule has 0 spiro atoms. The number of ether oxygens (including phenoxy) is 1. The van der Waals surface area contributed by atoms with Gasteiger partial charge in [0.2, 0.25) is 0 Å². The molecule has 0 bridgehead atoms. The maximum atomic E-state index is 12.8. The van der Waals surface area contributed by atoms with Gasteiger partial charge in [0.15, 0.2) is 5.75 Å². The third-order valence-corrected chi connectivity index (χ3v) is 2.63. The van der Waals surface area contributed by atoms with Crippen LogP contribution in [0.25, 0.3) is 0 Å². The zero-order valence-electron chi connectivity index (χ0n) is 8.58. The fourth-order valence-corrected chi connectivity index (χ4v) is 1.60. The van der Waals surface area contributed by atoms with Gasteiger partial charge < -0.3 is 10.5 Å². The largest absolute Gasteiger partial charge is 0.454 e. The summed E-state index contributed by atoms with van der Waals surface area (Å²) in [5, 5.41) is 0.892. The van der Waals surface area contributed by atoms with Gasteiger partial charge in [-0.3, -0.25) is 0 Å². The third-order valence-electron chi connectivity index (χ3n) is 2.08. The van der Waals surface area contributed by atoms with E-state index in [9.17, 15) is 4.39 Å². The highest BCUT2D eigenvalue weighted by molar-refractivity contribution is 6.34. The second-order valence-electron chi connectivity index (χ2n) is 3.36. The Morgan fingerprint density at radius 3 is 2.47 bits per heavy atom. The summed E-state index contributed by atoms with van der Waals surface area (Å²) < 4.78 is 18.3. The molecule has 0 radical (unpaired) electrons. The fourth-order valence-electron chi connectivity index (χ4n) is 1.29. The van der Waals surface area contributed by atoms with Crippen molar-refractivity contribution in [2.75, 3.05) is 5.73 Å². The quantitative estimate of drug-likeness (QED) is 0.816. The highest BCUT2D eigenvalue weighted by atomic mass is 35.5. The highest BCUT2D eigenvalue weighted by Crippen LogP contribution is 2.34. The van der Waals surface area contributed by atoms with Crippen molar-refractivity contribution in [3.8, 4) is 11.5 Å². The summed E-state index contributed by atoms with van der Waals surface area (Å²) in [7, 11) is 0. The smallest absolute Gasteiger partial charge is 0.150 e. The van der Waals surface area contributed by atoms with Crippen LogP contribution in [0.4, 0.5) is 10.1 Å². The zero-order valence-corrected chi connectivity index (χ0v) is 10.1. The standard InChI is InChI=1S/C12H8Cl2FNO/c13-7-1-3-9(14)12(5-7)17-11-4-2-8(15)6-10(11)16/h1-6H,16H2. The lowest BCUT2D eigenvalue weighted by atomic mass is 10.3. The molecule has 0 aliphatic carbocycles. The van der Waals surface area contributed by atoms with Crippen molar-refractivity contribution in [2.45, 2.75) is 0 Å². The van der Waals surface area contributed by atoms with Crippen LogP contribution >= 0.6 is 23.2 Å². The Hall–Kier alpha value is -1.45. The monoisotopic (exact) mass is 271 g/mol. The van der Waals surface area contributed by atoms with Crippen LogP contribution in [0.1, 0.15) is 0 Å².